The molecule has 0 amide bonds. The van der Waals surface area contributed by atoms with E-state index in [9.17, 15) is 4.79 Å². The number of nitrogens with two attached hydrogens (primary N) is 1. The highest BCUT2D eigenvalue weighted by molar-refractivity contribution is 6.32. The molecule has 1 aromatic carbocycles. The first-order valence-corrected chi connectivity index (χ1v) is 4.97. The van der Waals surface area contributed by atoms with E-state index in [-0.39, 0.29) is 12.3 Å². The molecule has 3 nitrogen and oxygen atoms in total. The molecule has 1 rings (SSSR count). The minimum atomic E-state index is -0.157. The molecule has 0 bridgehead atoms. The van der Waals surface area contributed by atoms with Gasteiger partial charge in [0.15, 0.2) is 5.78 Å². The van der Waals surface area contributed by atoms with Crippen LogP contribution in [0.5, 0.6) is 5.75 Å². The monoisotopic (exact) mass is 227 g/mol. The molecular formula is C11H14ClNO2. The normalized spacial score (nSPS) is 10.2. The number of aryl methyl sites for hydroxylation is 1. The number of hydrogen-bond acceptors (Lipinski definition) is 3. The lowest BCUT2D eigenvalue weighted by Crippen LogP contribution is -2.16. The molecule has 0 radical (unpaired) electrons. The van der Waals surface area contributed by atoms with Gasteiger partial charge in [-0.3, -0.25) is 4.79 Å². The van der Waals surface area contributed by atoms with E-state index in [2.05, 4.69) is 0 Å². The largest absolute Gasteiger partial charge is 0.496 e. The summed E-state index contributed by atoms with van der Waals surface area (Å²) in [5.74, 6) is 0.405. The number of carbonyl (C=O) groups is 1. The minimum absolute atomic E-state index is 0.0447. The number of Topliss-reactive ketones (excluding diaryl/α,β-unsaturated/α-hetero) is 1. The molecule has 0 fully saturated rings. The van der Waals surface area contributed by atoms with Crippen LogP contribution in [0.2, 0.25) is 5.02 Å². The van der Waals surface area contributed by atoms with E-state index in [0.717, 1.165) is 11.1 Å². The van der Waals surface area contributed by atoms with E-state index in [1.165, 1.54) is 7.11 Å². The molecule has 0 aliphatic rings. The van der Waals surface area contributed by atoms with E-state index in [1.807, 2.05) is 6.92 Å². The summed E-state index contributed by atoms with van der Waals surface area (Å²) in [6.45, 7) is 3.58. The number of ether oxygens (including phenoxy) is 1. The Balaban J connectivity index is 3.50. The molecule has 0 heterocycles. The van der Waals surface area contributed by atoms with E-state index < -0.39 is 0 Å². The summed E-state index contributed by atoms with van der Waals surface area (Å²) in [7, 11) is 1.53. The Morgan fingerprint density at radius 2 is 2.13 bits per heavy atom. The van der Waals surface area contributed by atoms with Crippen LogP contribution in [-0.4, -0.2) is 19.4 Å². The second kappa shape index (κ2) is 4.64. The molecule has 0 saturated carbocycles. The van der Waals surface area contributed by atoms with Crippen molar-refractivity contribution < 1.29 is 9.53 Å². The van der Waals surface area contributed by atoms with E-state index in [0.29, 0.717) is 16.3 Å². The van der Waals surface area contributed by atoms with E-state index >= 15 is 0 Å². The van der Waals surface area contributed by atoms with Gasteiger partial charge < -0.3 is 10.5 Å². The van der Waals surface area contributed by atoms with Crippen LogP contribution in [0.1, 0.15) is 21.5 Å². The van der Waals surface area contributed by atoms with Crippen LogP contribution in [0.3, 0.4) is 0 Å². The summed E-state index contributed by atoms with van der Waals surface area (Å²) >= 11 is 6.00. The maximum Gasteiger partial charge on any atom is 0.180 e. The molecule has 0 aliphatic heterocycles. The van der Waals surface area contributed by atoms with E-state index in [1.54, 1.807) is 13.0 Å². The van der Waals surface area contributed by atoms with Gasteiger partial charge in [-0.2, -0.15) is 0 Å². The van der Waals surface area contributed by atoms with Gasteiger partial charge in [-0.05, 0) is 31.0 Å². The summed E-state index contributed by atoms with van der Waals surface area (Å²) in [5, 5.41) is 0.560. The maximum atomic E-state index is 11.7. The number of benzene rings is 1. The molecule has 2 N–H and O–H groups in total. The highest BCUT2D eigenvalue weighted by atomic mass is 35.5. The second-order valence-electron chi connectivity index (χ2n) is 3.34. The van der Waals surface area contributed by atoms with Gasteiger partial charge in [-0.1, -0.05) is 11.6 Å². The molecule has 0 saturated heterocycles. The Morgan fingerprint density at radius 3 is 2.60 bits per heavy atom. The quantitative estimate of drug-likeness (QED) is 0.805. The zero-order valence-corrected chi connectivity index (χ0v) is 9.81. The molecule has 82 valence electrons. The van der Waals surface area contributed by atoms with Gasteiger partial charge in [-0.15, -0.1) is 0 Å². The van der Waals surface area contributed by atoms with Gasteiger partial charge in [0.1, 0.15) is 5.75 Å². The van der Waals surface area contributed by atoms with Crippen LogP contribution in [0.4, 0.5) is 0 Å². The molecule has 15 heavy (non-hydrogen) atoms. The van der Waals surface area contributed by atoms with Crippen molar-refractivity contribution in [3.63, 3.8) is 0 Å². The minimum Gasteiger partial charge on any atom is -0.496 e. The van der Waals surface area contributed by atoms with Crippen molar-refractivity contribution in [1.82, 2.24) is 0 Å². The number of methoxy groups -OCH3 is 1. The van der Waals surface area contributed by atoms with Crippen LogP contribution in [-0.2, 0) is 0 Å². The summed E-state index contributed by atoms with van der Waals surface area (Å²) in [6, 6.07) is 1.78. The number of halogens is 1. The van der Waals surface area contributed by atoms with Gasteiger partial charge in [0.25, 0.3) is 0 Å². The van der Waals surface area contributed by atoms with Gasteiger partial charge in [0, 0.05) is 5.02 Å². The van der Waals surface area contributed by atoms with Crippen molar-refractivity contribution in [2.75, 3.05) is 13.7 Å². The zero-order chi connectivity index (χ0) is 11.6. The second-order valence-corrected chi connectivity index (χ2v) is 3.74. The number of ketones is 1. The van der Waals surface area contributed by atoms with Crippen LogP contribution in [0.15, 0.2) is 6.07 Å². The molecule has 1 aromatic rings. The molecule has 0 aliphatic carbocycles. The van der Waals surface area contributed by atoms with Gasteiger partial charge in [0.05, 0.1) is 19.2 Å². The zero-order valence-electron chi connectivity index (χ0n) is 9.06. The third kappa shape index (κ3) is 2.13. The summed E-state index contributed by atoms with van der Waals surface area (Å²) in [6.07, 6.45) is 0. The van der Waals surface area contributed by atoms with Crippen molar-refractivity contribution in [2.45, 2.75) is 13.8 Å². The Hall–Kier alpha value is -1.06. The van der Waals surface area contributed by atoms with Gasteiger partial charge in [0.2, 0.25) is 0 Å². The molecule has 0 spiro atoms. The summed E-state index contributed by atoms with van der Waals surface area (Å²) in [5.41, 5.74) is 7.39. The van der Waals surface area contributed by atoms with Crippen molar-refractivity contribution in [2.24, 2.45) is 5.73 Å². The fourth-order valence-corrected chi connectivity index (χ4v) is 1.81. The predicted molar refractivity (Wildman–Crippen MR) is 60.9 cm³/mol. The van der Waals surface area contributed by atoms with E-state index in [4.69, 9.17) is 22.1 Å². The lowest BCUT2D eigenvalue weighted by atomic mass is 10.00. The highest BCUT2D eigenvalue weighted by Gasteiger charge is 2.18. The Labute approximate surface area is 94.2 Å². The third-order valence-corrected chi connectivity index (χ3v) is 2.72. The third-order valence-electron chi connectivity index (χ3n) is 2.33. The van der Waals surface area contributed by atoms with Crippen LogP contribution < -0.4 is 10.5 Å². The van der Waals surface area contributed by atoms with Crippen LogP contribution >= 0.6 is 11.6 Å². The maximum absolute atomic E-state index is 11.7. The standard InChI is InChI=1S/C11H14ClNO2/c1-6-4-8(12)7(2)10(9(14)5-13)11(6)15-3/h4H,5,13H2,1-3H3. The molecule has 4 heteroatoms. The lowest BCUT2D eigenvalue weighted by Gasteiger charge is -2.14. The van der Waals surface area contributed by atoms with Crippen LogP contribution in [0, 0.1) is 13.8 Å². The average Bonchev–Trinajstić information content (AvgIpc) is 2.21. The fourth-order valence-electron chi connectivity index (χ4n) is 1.55. The predicted octanol–water partition coefficient (Wildman–Crippen LogP) is 2.11. The Morgan fingerprint density at radius 1 is 1.53 bits per heavy atom. The molecular weight excluding hydrogens is 214 g/mol. The van der Waals surface area contributed by atoms with Crippen molar-refractivity contribution in [3.05, 3.63) is 27.8 Å². The number of rotatable bonds is 3. The van der Waals surface area contributed by atoms with Crippen molar-refractivity contribution in [1.29, 1.82) is 0 Å². The van der Waals surface area contributed by atoms with Crippen molar-refractivity contribution >= 4 is 17.4 Å². The average molecular weight is 228 g/mol. The smallest absolute Gasteiger partial charge is 0.180 e. The summed E-state index contributed by atoms with van der Waals surface area (Å²) < 4.78 is 5.20. The topological polar surface area (TPSA) is 52.3 Å². The fraction of sp³-hybridized carbons (Fsp3) is 0.364. The van der Waals surface area contributed by atoms with Gasteiger partial charge >= 0.3 is 0 Å². The number of carbonyl (C=O) groups excluding carboxylic acids is 1. The van der Waals surface area contributed by atoms with Gasteiger partial charge in [-0.25, -0.2) is 0 Å². The molecule has 0 aromatic heterocycles. The lowest BCUT2D eigenvalue weighted by molar-refractivity contribution is 0.0997. The Kier molecular flexibility index (Phi) is 3.72. The first-order valence-electron chi connectivity index (χ1n) is 4.59. The van der Waals surface area contributed by atoms with Crippen LogP contribution in [0.25, 0.3) is 0 Å². The Bertz CT molecular complexity index is 402. The molecule has 0 atom stereocenters. The summed E-state index contributed by atoms with van der Waals surface area (Å²) in [4.78, 5) is 11.7. The SMILES string of the molecule is COc1c(C)cc(Cl)c(C)c1C(=O)CN. The highest BCUT2D eigenvalue weighted by Crippen LogP contribution is 2.32. The first-order chi connectivity index (χ1) is 7.02. The first kappa shape index (κ1) is 12.0. The number of hydrogen-bond donors (Lipinski definition) is 1. The van der Waals surface area contributed by atoms with Crippen molar-refractivity contribution in [3.8, 4) is 5.75 Å². The molecule has 0 unspecified atom stereocenters.